The van der Waals surface area contributed by atoms with Crippen LogP contribution in [0.1, 0.15) is 5.56 Å². The first-order valence-electron chi connectivity index (χ1n) is 4.35. The van der Waals surface area contributed by atoms with Gasteiger partial charge in [-0.15, -0.1) is 10.2 Å². The minimum absolute atomic E-state index is 0.205. The molecule has 1 rings (SSSR count). The smallest absolute Gasteiger partial charge is 0.309 e. The van der Waals surface area contributed by atoms with Crippen molar-refractivity contribution in [1.29, 1.82) is 0 Å². The van der Waals surface area contributed by atoms with Gasteiger partial charge in [0.2, 0.25) is 0 Å². The van der Waals surface area contributed by atoms with Gasteiger partial charge in [-0.25, -0.2) is 23.2 Å². The largest absolute Gasteiger partial charge is 0.469 e. The number of carbonyl (C=O) groups excluding carboxylic acids is 1. The molecule has 0 saturated heterocycles. The number of carbonyl (C=O) groups is 1. The summed E-state index contributed by atoms with van der Waals surface area (Å²) in [6.07, 6.45) is 4.15. The quantitative estimate of drug-likeness (QED) is 0.392. The van der Waals surface area contributed by atoms with E-state index in [1.54, 1.807) is 0 Å². The van der Waals surface area contributed by atoms with Crippen molar-refractivity contribution in [2.24, 2.45) is 7.05 Å². The van der Waals surface area contributed by atoms with Gasteiger partial charge < -0.3 is 4.74 Å². The van der Waals surface area contributed by atoms with Crippen molar-refractivity contribution in [1.82, 2.24) is 0 Å². The molecule has 0 bridgehead atoms. The molecule has 8 heteroatoms. The van der Waals surface area contributed by atoms with Gasteiger partial charge in [0.15, 0.2) is 12.4 Å². The van der Waals surface area contributed by atoms with Crippen LogP contribution < -0.4 is 23.2 Å². The standard InChI is InChI=1S/C9H12NO2.ClHO4/c1-10-5-3-8(4-6-10)7-9(11)12-2;2-1(3,4)5/h3-6H,7H2,1-2H3;(H,2,3,4,5)/q+1;/p-1. The van der Waals surface area contributed by atoms with Crippen LogP contribution in [0.4, 0.5) is 0 Å². The maximum atomic E-state index is 10.8. The van der Waals surface area contributed by atoms with E-state index in [2.05, 4.69) is 4.74 Å². The molecule has 0 N–H and O–H groups in total. The van der Waals surface area contributed by atoms with Gasteiger partial charge in [-0.05, 0) is 5.56 Å². The summed E-state index contributed by atoms with van der Waals surface area (Å²) in [5, 5.41) is 0. The number of hydrogen-bond acceptors (Lipinski definition) is 6. The number of aromatic nitrogens is 1. The molecule has 1 aromatic heterocycles. The summed E-state index contributed by atoms with van der Waals surface area (Å²) in [5.74, 6) is -0.205. The van der Waals surface area contributed by atoms with Crippen LogP contribution in [0.5, 0.6) is 0 Å². The lowest BCUT2D eigenvalue weighted by molar-refractivity contribution is -2.00. The van der Waals surface area contributed by atoms with Gasteiger partial charge in [0, 0.05) is 12.1 Å². The van der Waals surface area contributed by atoms with Crippen LogP contribution in [0.25, 0.3) is 0 Å². The molecule has 0 fully saturated rings. The van der Waals surface area contributed by atoms with E-state index in [0.29, 0.717) is 6.42 Å². The first-order valence-corrected chi connectivity index (χ1v) is 5.58. The molecule has 0 aliphatic carbocycles. The normalized spacial score (nSPS) is 10.2. The average Bonchev–Trinajstić information content (AvgIpc) is 2.19. The van der Waals surface area contributed by atoms with Crippen molar-refractivity contribution in [2.45, 2.75) is 6.42 Å². The number of pyridine rings is 1. The van der Waals surface area contributed by atoms with E-state index in [1.165, 1.54) is 7.11 Å². The molecular weight excluding hydrogens is 254 g/mol. The Morgan fingerprint density at radius 3 is 2.06 bits per heavy atom. The predicted molar refractivity (Wildman–Crippen MR) is 43.3 cm³/mol. The number of halogens is 1. The van der Waals surface area contributed by atoms with Crippen LogP contribution in [0.15, 0.2) is 24.5 Å². The number of nitrogens with zero attached hydrogens (tertiary/aromatic N) is 1. The number of methoxy groups -OCH3 is 1. The summed E-state index contributed by atoms with van der Waals surface area (Å²) in [6.45, 7) is 0. The number of rotatable bonds is 2. The highest BCUT2D eigenvalue weighted by Crippen LogP contribution is 1.96. The average molecular weight is 266 g/mol. The van der Waals surface area contributed by atoms with Crippen molar-refractivity contribution >= 4 is 5.97 Å². The Kier molecular flexibility index (Phi) is 6.62. The van der Waals surface area contributed by atoms with Gasteiger partial charge in [-0.2, -0.15) is 0 Å². The van der Waals surface area contributed by atoms with Crippen molar-refractivity contribution in [2.75, 3.05) is 7.11 Å². The molecule has 1 aromatic rings. The SMILES string of the molecule is COC(=O)Cc1cc[n+](C)cc1.[O-][Cl+3]([O-])([O-])[O-]. The predicted octanol–water partition coefficient (Wildman–Crippen LogP) is -4.53. The van der Waals surface area contributed by atoms with Gasteiger partial charge in [-0.3, -0.25) is 4.79 Å². The Bertz CT molecular complexity index is 341. The first-order chi connectivity index (χ1) is 7.72. The number of aryl methyl sites for hydroxylation is 1. The van der Waals surface area contributed by atoms with Gasteiger partial charge in [0.05, 0.1) is 13.5 Å². The van der Waals surface area contributed by atoms with E-state index in [4.69, 9.17) is 18.6 Å². The van der Waals surface area contributed by atoms with Crippen molar-refractivity contribution in [3.8, 4) is 0 Å². The number of ether oxygens (including phenoxy) is 1. The molecule has 0 aliphatic rings. The second-order valence-corrected chi connectivity index (χ2v) is 3.76. The minimum Gasteiger partial charge on any atom is -0.469 e. The zero-order chi connectivity index (χ0) is 13.5. The van der Waals surface area contributed by atoms with Crippen LogP contribution >= 0.6 is 0 Å². The van der Waals surface area contributed by atoms with Gasteiger partial charge in [0.1, 0.15) is 7.05 Å². The monoisotopic (exact) mass is 265 g/mol. The molecule has 96 valence electrons. The van der Waals surface area contributed by atoms with Crippen LogP contribution in [0, 0.1) is 10.2 Å². The third-order valence-electron chi connectivity index (χ3n) is 1.62. The molecule has 0 saturated carbocycles. The zero-order valence-corrected chi connectivity index (χ0v) is 10.0. The van der Waals surface area contributed by atoms with Crippen LogP contribution in [-0.4, -0.2) is 13.1 Å². The van der Waals surface area contributed by atoms with Crippen molar-refractivity contribution in [3.05, 3.63) is 30.1 Å². The van der Waals surface area contributed by atoms with Crippen molar-refractivity contribution < 1.29 is 43.0 Å². The summed E-state index contributed by atoms with van der Waals surface area (Å²) in [7, 11) is -1.62. The molecule has 0 aliphatic heterocycles. The summed E-state index contributed by atoms with van der Waals surface area (Å²) >= 11 is 0. The number of hydrogen-bond donors (Lipinski definition) is 0. The van der Waals surface area contributed by atoms with E-state index in [0.717, 1.165) is 5.56 Å². The molecule has 0 unspecified atom stereocenters. The Hall–Kier alpha value is -1.25. The Morgan fingerprint density at radius 2 is 1.71 bits per heavy atom. The highest BCUT2D eigenvalue weighted by atomic mass is 35.7. The molecular formula is C9H12ClNO6. The maximum Gasteiger partial charge on any atom is 0.309 e. The minimum atomic E-state index is -4.94. The Balaban J connectivity index is 0.000000437. The Morgan fingerprint density at radius 1 is 1.29 bits per heavy atom. The van der Waals surface area contributed by atoms with E-state index in [1.807, 2.05) is 36.1 Å². The van der Waals surface area contributed by atoms with E-state index in [-0.39, 0.29) is 5.97 Å². The summed E-state index contributed by atoms with van der Waals surface area (Å²) in [5.41, 5.74) is 0.972. The third kappa shape index (κ3) is 11.0. The third-order valence-corrected chi connectivity index (χ3v) is 1.62. The van der Waals surface area contributed by atoms with Gasteiger partial charge >= 0.3 is 5.97 Å². The van der Waals surface area contributed by atoms with Gasteiger partial charge in [-0.1, -0.05) is 0 Å². The highest BCUT2D eigenvalue weighted by molar-refractivity contribution is 5.72. The van der Waals surface area contributed by atoms with E-state index < -0.39 is 10.2 Å². The second kappa shape index (κ2) is 7.15. The molecule has 0 atom stereocenters. The van der Waals surface area contributed by atoms with Crippen LogP contribution in [0.2, 0.25) is 0 Å². The Labute approximate surface area is 100 Å². The fourth-order valence-electron chi connectivity index (χ4n) is 0.889. The topological polar surface area (TPSA) is 122 Å². The molecule has 7 nitrogen and oxygen atoms in total. The molecule has 0 aromatic carbocycles. The second-order valence-electron chi connectivity index (χ2n) is 3.00. The lowest BCUT2D eigenvalue weighted by atomic mass is 10.2. The molecule has 0 spiro atoms. The lowest BCUT2D eigenvalue weighted by Gasteiger charge is -2.17. The summed E-state index contributed by atoms with van der Waals surface area (Å²) in [6, 6.07) is 3.80. The molecule has 17 heavy (non-hydrogen) atoms. The highest BCUT2D eigenvalue weighted by Gasteiger charge is 2.02. The van der Waals surface area contributed by atoms with E-state index in [9.17, 15) is 4.79 Å². The molecule has 1 heterocycles. The van der Waals surface area contributed by atoms with Crippen LogP contribution in [-0.2, 0) is 23.0 Å². The van der Waals surface area contributed by atoms with Gasteiger partial charge in [0.25, 0.3) is 0 Å². The zero-order valence-electron chi connectivity index (χ0n) is 9.29. The fourth-order valence-corrected chi connectivity index (χ4v) is 0.889. The molecule has 0 radical (unpaired) electrons. The summed E-state index contributed by atoms with van der Waals surface area (Å²) < 4.78 is 40.4. The van der Waals surface area contributed by atoms with Crippen molar-refractivity contribution in [3.63, 3.8) is 0 Å². The lowest BCUT2D eigenvalue weighted by Crippen LogP contribution is -2.68. The van der Waals surface area contributed by atoms with E-state index >= 15 is 0 Å². The molecule has 0 amide bonds. The fraction of sp³-hybridized carbons (Fsp3) is 0.333. The number of esters is 1. The summed E-state index contributed by atoms with van der Waals surface area (Å²) in [4.78, 5) is 10.8. The van der Waals surface area contributed by atoms with Crippen LogP contribution in [0.3, 0.4) is 0 Å². The first kappa shape index (κ1) is 15.8. The maximum absolute atomic E-state index is 10.8.